The van der Waals surface area contributed by atoms with Crippen LogP contribution in [-0.2, 0) is 19.4 Å². The Bertz CT molecular complexity index is 639. The molecule has 2 aromatic rings. The van der Waals surface area contributed by atoms with Gasteiger partial charge in [-0.3, -0.25) is 0 Å². The molecule has 0 radical (unpaired) electrons. The Hall–Kier alpha value is -1.32. The van der Waals surface area contributed by atoms with E-state index in [0.717, 1.165) is 22.5 Å². The molecule has 0 aromatic heterocycles. The van der Waals surface area contributed by atoms with E-state index < -0.39 is 0 Å². The normalized spacial score (nSPS) is 13.8. The van der Waals surface area contributed by atoms with Gasteiger partial charge in [-0.1, -0.05) is 12.1 Å². The van der Waals surface area contributed by atoms with Gasteiger partial charge in [-0.25, -0.2) is 0 Å². The fourth-order valence-electron chi connectivity index (χ4n) is 2.84. The first kappa shape index (κ1) is 14.6. The van der Waals surface area contributed by atoms with Crippen LogP contribution in [0.5, 0.6) is 11.5 Å². The molecule has 2 nitrogen and oxygen atoms in total. The maximum Gasteiger partial charge on any atom is 0.141 e. The van der Waals surface area contributed by atoms with Crippen molar-refractivity contribution in [2.24, 2.45) is 0 Å². The quantitative estimate of drug-likeness (QED) is 0.855. The Morgan fingerprint density at radius 2 is 1.86 bits per heavy atom. The summed E-state index contributed by atoms with van der Waals surface area (Å²) in [6.45, 7) is 0.859. The highest BCUT2D eigenvalue weighted by Crippen LogP contribution is 2.32. The first-order chi connectivity index (χ1) is 10.3. The summed E-state index contributed by atoms with van der Waals surface area (Å²) in [6, 6.07) is 12.7. The van der Waals surface area contributed by atoms with E-state index in [0.29, 0.717) is 0 Å². The van der Waals surface area contributed by atoms with E-state index in [-0.39, 0.29) is 0 Å². The monoisotopic (exact) mass is 345 g/mol. The molecule has 0 saturated heterocycles. The third-order valence-electron chi connectivity index (χ3n) is 3.92. The molecule has 0 bridgehead atoms. The molecule has 3 heteroatoms. The molecule has 1 aliphatic carbocycles. The summed E-state index contributed by atoms with van der Waals surface area (Å²) in [5.41, 5.74) is 4.17. The lowest BCUT2D eigenvalue weighted by atomic mass is 9.92. The fraction of sp³-hybridized carbons (Fsp3) is 0.333. The van der Waals surface area contributed by atoms with Crippen molar-refractivity contribution in [1.29, 1.82) is 0 Å². The predicted molar refractivity (Wildman–Crippen MR) is 90.1 cm³/mol. The van der Waals surface area contributed by atoms with Crippen molar-refractivity contribution in [3.8, 4) is 11.5 Å². The molecule has 2 aromatic carbocycles. The van der Waals surface area contributed by atoms with Gasteiger partial charge in [0.25, 0.3) is 0 Å². The van der Waals surface area contributed by atoms with Crippen LogP contribution < -0.4 is 10.1 Å². The molecule has 1 aliphatic rings. The zero-order chi connectivity index (χ0) is 14.7. The molecule has 0 saturated carbocycles. The maximum absolute atomic E-state index is 6.04. The summed E-state index contributed by atoms with van der Waals surface area (Å²) in [7, 11) is 1.95. The van der Waals surface area contributed by atoms with Gasteiger partial charge in [0.1, 0.15) is 11.5 Å². The van der Waals surface area contributed by atoms with E-state index in [1.54, 1.807) is 0 Å². The van der Waals surface area contributed by atoms with Gasteiger partial charge in [-0.15, -0.1) is 0 Å². The summed E-state index contributed by atoms with van der Waals surface area (Å²) in [5, 5.41) is 3.15. The first-order valence-corrected chi connectivity index (χ1v) is 8.28. The number of ether oxygens (including phenoxy) is 1. The molecule has 0 aliphatic heterocycles. The Morgan fingerprint density at radius 3 is 2.62 bits per heavy atom. The van der Waals surface area contributed by atoms with Crippen LogP contribution in [0.15, 0.2) is 40.9 Å². The van der Waals surface area contributed by atoms with Gasteiger partial charge in [-0.2, -0.15) is 0 Å². The summed E-state index contributed by atoms with van der Waals surface area (Å²) in [5.74, 6) is 1.79. The average molecular weight is 346 g/mol. The molecular formula is C18H20BrNO. The van der Waals surface area contributed by atoms with Crippen LogP contribution >= 0.6 is 15.9 Å². The number of fused-ring (bicyclic) bond motifs is 1. The third-order valence-corrected chi connectivity index (χ3v) is 4.54. The second-order valence-corrected chi connectivity index (χ2v) is 6.39. The van der Waals surface area contributed by atoms with E-state index in [1.165, 1.54) is 42.4 Å². The number of benzene rings is 2. The van der Waals surface area contributed by atoms with E-state index in [1.807, 2.05) is 13.1 Å². The van der Waals surface area contributed by atoms with Gasteiger partial charge in [0.05, 0.1) is 4.47 Å². The Kier molecular flexibility index (Phi) is 4.61. The summed E-state index contributed by atoms with van der Waals surface area (Å²) < 4.78 is 7.03. The SMILES string of the molecule is CNCc1ccc(Oc2ccc3c(c2)CCCC3)c(Br)c1. The minimum absolute atomic E-state index is 0.859. The lowest BCUT2D eigenvalue weighted by Crippen LogP contribution is -2.05. The zero-order valence-corrected chi connectivity index (χ0v) is 13.9. The standard InChI is InChI=1S/C18H20BrNO/c1-20-12-13-6-9-18(17(19)10-13)21-16-8-7-14-4-2-3-5-15(14)11-16/h6-11,20H,2-5,12H2,1H3. The van der Waals surface area contributed by atoms with Crippen LogP contribution in [0.25, 0.3) is 0 Å². The van der Waals surface area contributed by atoms with E-state index in [4.69, 9.17) is 4.74 Å². The van der Waals surface area contributed by atoms with Crippen LogP contribution in [0.1, 0.15) is 29.5 Å². The van der Waals surface area contributed by atoms with Crippen molar-refractivity contribution in [2.45, 2.75) is 32.2 Å². The maximum atomic E-state index is 6.04. The van der Waals surface area contributed by atoms with Crippen molar-refractivity contribution < 1.29 is 4.74 Å². The molecule has 0 spiro atoms. The van der Waals surface area contributed by atoms with Gasteiger partial charge in [-0.05, 0) is 89.6 Å². The molecule has 3 rings (SSSR count). The van der Waals surface area contributed by atoms with Gasteiger partial charge in [0.2, 0.25) is 0 Å². The highest BCUT2D eigenvalue weighted by molar-refractivity contribution is 9.10. The van der Waals surface area contributed by atoms with E-state index in [2.05, 4.69) is 51.6 Å². The molecule has 0 amide bonds. The summed E-state index contributed by atoms with van der Waals surface area (Å²) >= 11 is 3.60. The van der Waals surface area contributed by atoms with Crippen LogP contribution in [0.3, 0.4) is 0 Å². The fourth-order valence-corrected chi connectivity index (χ4v) is 3.35. The second-order valence-electron chi connectivity index (χ2n) is 5.53. The van der Waals surface area contributed by atoms with Crippen molar-refractivity contribution in [1.82, 2.24) is 5.32 Å². The Labute approximate surface area is 134 Å². The average Bonchev–Trinajstić information content (AvgIpc) is 2.50. The van der Waals surface area contributed by atoms with Gasteiger partial charge in [0.15, 0.2) is 0 Å². The molecule has 1 N–H and O–H groups in total. The second kappa shape index (κ2) is 6.63. The summed E-state index contributed by atoms with van der Waals surface area (Å²) in [4.78, 5) is 0. The van der Waals surface area contributed by atoms with Crippen molar-refractivity contribution >= 4 is 15.9 Å². The Morgan fingerprint density at radius 1 is 1.05 bits per heavy atom. The largest absolute Gasteiger partial charge is 0.456 e. The zero-order valence-electron chi connectivity index (χ0n) is 12.3. The van der Waals surface area contributed by atoms with Gasteiger partial charge < -0.3 is 10.1 Å². The summed E-state index contributed by atoms with van der Waals surface area (Å²) in [6.07, 6.45) is 4.98. The number of hydrogen-bond donors (Lipinski definition) is 1. The topological polar surface area (TPSA) is 21.3 Å². The lowest BCUT2D eigenvalue weighted by Gasteiger charge is -2.17. The highest BCUT2D eigenvalue weighted by atomic mass is 79.9. The number of halogens is 1. The van der Waals surface area contributed by atoms with Crippen molar-refractivity contribution in [2.75, 3.05) is 7.05 Å². The lowest BCUT2D eigenvalue weighted by molar-refractivity contribution is 0.477. The number of hydrogen-bond acceptors (Lipinski definition) is 2. The Balaban J connectivity index is 1.80. The number of rotatable bonds is 4. The first-order valence-electron chi connectivity index (χ1n) is 7.49. The number of aryl methyl sites for hydroxylation is 2. The predicted octanol–water partition coefficient (Wildman–Crippen LogP) is 4.84. The van der Waals surface area contributed by atoms with Gasteiger partial charge in [0, 0.05) is 6.54 Å². The molecule has 21 heavy (non-hydrogen) atoms. The minimum atomic E-state index is 0.859. The van der Waals surface area contributed by atoms with E-state index >= 15 is 0 Å². The minimum Gasteiger partial charge on any atom is -0.456 e. The van der Waals surface area contributed by atoms with E-state index in [9.17, 15) is 0 Å². The molecule has 0 heterocycles. The van der Waals surface area contributed by atoms with Gasteiger partial charge >= 0.3 is 0 Å². The smallest absolute Gasteiger partial charge is 0.141 e. The molecular weight excluding hydrogens is 326 g/mol. The van der Waals surface area contributed by atoms with Crippen molar-refractivity contribution in [3.05, 3.63) is 57.6 Å². The van der Waals surface area contributed by atoms with Crippen LogP contribution in [0.4, 0.5) is 0 Å². The van der Waals surface area contributed by atoms with Crippen LogP contribution in [0, 0.1) is 0 Å². The molecule has 110 valence electrons. The van der Waals surface area contributed by atoms with Crippen LogP contribution in [-0.4, -0.2) is 7.05 Å². The van der Waals surface area contributed by atoms with Crippen LogP contribution in [0.2, 0.25) is 0 Å². The third kappa shape index (κ3) is 3.47. The number of nitrogens with one attached hydrogen (secondary N) is 1. The molecule has 0 fully saturated rings. The highest BCUT2D eigenvalue weighted by Gasteiger charge is 2.11. The van der Waals surface area contributed by atoms with Crippen molar-refractivity contribution in [3.63, 3.8) is 0 Å². The molecule has 0 atom stereocenters. The molecule has 0 unspecified atom stereocenters.